The predicted molar refractivity (Wildman–Crippen MR) is 64.0 cm³/mol. The molecule has 0 aromatic carbocycles. The highest BCUT2D eigenvalue weighted by Crippen LogP contribution is 2.13. The molecule has 70 valence electrons. The molecule has 1 heterocycles. The first-order chi connectivity index (χ1) is 5.83. The highest BCUT2D eigenvalue weighted by atomic mass is 29.7. The van der Waals surface area contributed by atoms with Gasteiger partial charge in [0.05, 0.1) is 0 Å². The normalized spacial score (nSPS) is 36.1. The molecule has 0 saturated carbocycles. The van der Waals surface area contributed by atoms with Crippen molar-refractivity contribution in [2.75, 3.05) is 12.8 Å². The van der Waals surface area contributed by atoms with Gasteiger partial charge in [0, 0.05) is 29.9 Å². The molecule has 0 spiro atoms. The maximum absolute atomic E-state index is 5.97. The lowest BCUT2D eigenvalue weighted by Crippen LogP contribution is -2.57. The number of hydrogen-bond acceptors (Lipinski definition) is 2. The van der Waals surface area contributed by atoms with Crippen molar-refractivity contribution in [2.45, 2.75) is 13.0 Å². The molecule has 6 heteroatoms. The zero-order valence-electron chi connectivity index (χ0n) is 7.84. The smallest absolute Gasteiger partial charge is 0.196 e. The standard InChI is InChI=1S/C6H18O2Si4/c1-3-5-12(8-4-2)6-7-9-10-11-12/h3H,1,4-6,9-11H2,2H3. The molecule has 1 aliphatic heterocycles. The lowest BCUT2D eigenvalue weighted by molar-refractivity contribution is 0.298. The highest BCUT2D eigenvalue weighted by Gasteiger charge is 2.35. The monoisotopic (exact) mass is 234 g/mol. The van der Waals surface area contributed by atoms with Gasteiger partial charge in [-0.1, -0.05) is 6.08 Å². The van der Waals surface area contributed by atoms with E-state index in [0.717, 1.165) is 18.9 Å². The Bertz CT molecular complexity index is 141. The molecule has 0 aromatic heterocycles. The fourth-order valence-corrected chi connectivity index (χ4v) is 49.7. The van der Waals surface area contributed by atoms with E-state index in [4.69, 9.17) is 8.85 Å². The van der Waals surface area contributed by atoms with Gasteiger partial charge in [0.15, 0.2) is 7.83 Å². The first-order valence-corrected chi connectivity index (χ1v) is 17.9. The first kappa shape index (κ1) is 10.6. The fourth-order valence-electron chi connectivity index (χ4n) is 1.73. The minimum atomic E-state index is -1.29. The average molecular weight is 235 g/mol. The largest absolute Gasteiger partial charge is 0.429 e. The van der Waals surface area contributed by atoms with Crippen LogP contribution in [0.5, 0.6) is 0 Å². The molecule has 12 heavy (non-hydrogen) atoms. The first-order valence-electron chi connectivity index (χ1n) is 4.65. The lowest BCUT2D eigenvalue weighted by Gasteiger charge is -2.33. The molecule has 1 rings (SSSR count). The second-order valence-electron chi connectivity index (χ2n) is 3.26. The van der Waals surface area contributed by atoms with Crippen LogP contribution in [0.2, 0.25) is 6.04 Å². The molecule has 0 amide bonds. The summed E-state index contributed by atoms with van der Waals surface area (Å²) in [6.07, 6.45) is 3.08. The summed E-state index contributed by atoms with van der Waals surface area (Å²) in [5.41, 5.74) is 0. The zero-order valence-corrected chi connectivity index (χ0v) is 13.1. The molecule has 1 fully saturated rings. The fraction of sp³-hybridized carbons (Fsp3) is 0.667. The average Bonchev–Trinajstić information content (AvgIpc) is 2.07. The third-order valence-corrected chi connectivity index (χ3v) is 38.5. The predicted octanol–water partition coefficient (Wildman–Crippen LogP) is -1.53. The molecule has 2 nitrogen and oxygen atoms in total. The number of rotatable bonds is 4. The topological polar surface area (TPSA) is 18.5 Å². The van der Waals surface area contributed by atoms with Gasteiger partial charge in [-0.25, -0.2) is 0 Å². The second-order valence-corrected chi connectivity index (χ2v) is 28.2. The Morgan fingerprint density at radius 2 is 2.58 bits per heavy atom. The molecule has 0 aliphatic carbocycles. The van der Waals surface area contributed by atoms with Crippen LogP contribution in [0, 0.1) is 0 Å². The van der Waals surface area contributed by atoms with E-state index < -0.39 is 7.83 Å². The van der Waals surface area contributed by atoms with Crippen molar-refractivity contribution in [2.24, 2.45) is 0 Å². The van der Waals surface area contributed by atoms with Crippen molar-refractivity contribution in [1.29, 1.82) is 0 Å². The maximum Gasteiger partial charge on any atom is 0.196 e. The Hall–Kier alpha value is 0.528. The van der Waals surface area contributed by atoms with Crippen LogP contribution in [0.15, 0.2) is 12.7 Å². The van der Waals surface area contributed by atoms with Gasteiger partial charge < -0.3 is 8.85 Å². The van der Waals surface area contributed by atoms with Crippen LogP contribution in [-0.4, -0.2) is 47.1 Å². The second kappa shape index (κ2) is 5.30. The van der Waals surface area contributed by atoms with E-state index in [0.29, 0.717) is 8.55 Å². The maximum atomic E-state index is 5.97. The molecular formula is C6H18O2Si4. The van der Waals surface area contributed by atoms with Crippen LogP contribution < -0.4 is 0 Å². The van der Waals surface area contributed by atoms with E-state index in [9.17, 15) is 0 Å². The van der Waals surface area contributed by atoms with Crippen LogP contribution >= 0.6 is 0 Å². The van der Waals surface area contributed by atoms with E-state index in [-0.39, 0.29) is 17.8 Å². The molecule has 0 aromatic rings. The summed E-state index contributed by atoms with van der Waals surface area (Å²) >= 11 is 0. The van der Waals surface area contributed by atoms with E-state index in [1.807, 2.05) is 0 Å². The van der Waals surface area contributed by atoms with Crippen molar-refractivity contribution >= 4 is 34.2 Å². The molecule has 0 radical (unpaired) electrons. The molecular weight excluding hydrogens is 216 g/mol. The van der Waals surface area contributed by atoms with E-state index in [2.05, 4.69) is 19.6 Å². The molecule has 1 saturated heterocycles. The summed E-state index contributed by atoms with van der Waals surface area (Å²) in [5.74, 6) is 0. The van der Waals surface area contributed by atoms with E-state index in [1.165, 1.54) is 0 Å². The molecule has 1 aliphatic rings. The Morgan fingerprint density at radius 3 is 3.08 bits per heavy atom. The quantitative estimate of drug-likeness (QED) is 0.434. The Morgan fingerprint density at radius 1 is 1.75 bits per heavy atom. The van der Waals surface area contributed by atoms with Gasteiger partial charge in [-0.15, -0.1) is 6.58 Å². The van der Waals surface area contributed by atoms with Crippen LogP contribution in [0.3, 0.4) is 0 Å². The Kier molecular flexibility index (Phi) is 4.68. The number of allylic oxidation sites excluding steroid dienone is 1. The zero-order chi connectivity index (χ0) is 8.86. The SMILES string of the molecule is C=CC[Si]1(OCC)CO[SiH2][SiH2][SiH2]1. The Labute approximate surface area is 81.8 Å². The van der Waals surface area contributed by atoms with Gasteiger partial charge in [0.25, 0.3) is 0 Å². The van der Waals surface area contributed by atoms with Crippen molar-refractivity contribution in [3.05, 3.63) is 12.7 Å². The van der Waals surface area contributed by atoms with Gasteiger partial charge in [-0.3, -0.25) is 0 Å². The Balaban J connectivity index is 2.49. The number of hydrogen-bond donors (Lipinski definition) is 0. The summed E-state index contributed by atoms with van der Waals surface area (Å²) in [4.78, 5) is 0. The van der Waals surface area contributed by atoms with Crippen LogP contribution in [0.25, 0.3) is 0 Å². The van der Waals surface area contributed by atoms with Crippen molar-refractivity contribution in [3.8, 4) is 0 Å². The minimum absolute atomic E-state index is 0.0268. The van der Waals surface area contributed by atoms with Crippen LogP contribution in [-0.2, 0) is 8.85 Å². The highest BCUT2D eigenvalue weighted by molar-refractivity contribution is 7.52. The van der Waals surface area contributed by atoms with Gasteiger partial charge in [-0.05, 0) is 13.0 Å². The van der Waals surface area contributed by atoms with Gasteiger partial charge in [0.1, 0.15) is 9.28 Å². The van der Waals surface area contributed by atoms with Gasteiger partial charge >= 0.3 is 0 Å². The van der Waals surface area contributed by atoms with Crippen molar-refractivity contribution in [3.63, 3.8) is 0 Å². The summed E-state index contributed by atoms with van der Waals surface area (Å²) in [6, 6.07) is 1.16. The third-order valence-electron chi connectivity index (χ3n) is 2.25. The van der Waals surface area contributed by atoms with Crippen molar-refractivity contribution < 1.29 is 8.85 Å². The third kappa shape index (κ3) is 2.78. The summed E-state index contributed by atoms with van der Waals surface area (Å²) in [5, 5.41) is 0. The molecule has 0 bridgehead atoms. The molecule has 1 unspecified atom stereocenters. The van der Waals surface area contributed by atoms with Crippen LogP contribution in [0.1, 0.15) is 6.92 Å². The summed E-state index contributed by atoms with van der Waals surface area (Å²) < 4.78 is 11.7. The van der Waals surface area contributed by atoms with Crippen LogP contribution in [0.4, 0.5) is 0 Å². The molecule has 0 N–H and O–H groups in total. The summed E-state index contributed by atoms with van der Waals surface area (Å²) in [6.45, 7) is 6.84. The summed E-state index contributed by atoms with van der Waals surface area (Å²) in [7, 11) is -0.738. The van der Waals surface area contributed by atoms with Gasteiger partial charge in [-0.2, -0.15) is 0 Å². The minimum Gasteiger partial charge on any atom is -0.429 e. The lowest BCUT2D eigenvalue weighted by atomic mass is 10.8. The van der Waals surface area contributed by atoms with E-state index in [1.54, 1.807) is 0 Å². The molecule has 1 atom stereocenters. The van der Waals surface area contributed by atoms with Crippen molar-refractivity contribution in [1.82, 2.24) is 0 Å². The van der Waals surface area contributed by atoms with Gasteiger partial charge in [0.2, 0.25) is 0 Å². The van der Waals surface area contributed by atoms with E-state index >= 15 is 0 Å².